The van der Waals surface area contributed by atoms with Crippen molar-refractivity contribution >= 4 is 11.7 Å². The zero-order valence-corrected chi connectivity index (χ0v) is 9.40. The van der Waals surface area contributed by atoms with Crippen LogP contribution in [0.2, 0.25) is 0 Å². The summed E-state index contributed by atoms with van der Waals surface area (Å²) in [4.78, 5) is 10.6. The smallest absolute Gasteiger partial charge is 0.305 e. The van der Waals surface area contributed by atoms with Gasteiger partial charge in [-0.3, -0.25) is 4.79 Å². The maximum absolute atomic E-state index is 13.5. The molecule has 5 heteroatoms. The molecule has 0 spiro atoms. The third-order valence-electron chi connectivity index (χ3n) is 2.37. The molecule has 0 heterocycles. The summed E-state index contributed by atoms with van der Waals surface area (Å²) < 4.78 is 13.5. The topological polar surface area (TPSA) is 73.1 Å². The van der Waals surface area contributed by atoms with Gasteiger partial charge in [0.15, 0.2) is 0 Å². The van der Waals surface area contributed by atoms with E-state index in [9.17, 15) is 9.18 Å². The Bertz CT molecular complexity index is 454. The maximum Gasteiger partial charge on any atom is 0.305 e. The Morgan fingerprint density at radius 1 is 1.65 bits per heavy atom. The first-order chi connectivity index (χ1) is 8.06. The maximum atomic E-state index is 13.5. The van der Waals surface area contributed by atoms with Crippen LogP contribution in [0.15, 0.2) is 18.2 Å². The van der Waals surface area contributed by atoms with Crippen molar-refractivity contribution in [3.05, 3.63) is 29.6 Å². The average molecular weight is 236 g/mol. The monoisotopic (exact) mass is 236 g/mol. The summed E-state index contributed by atoms with van der Waals surface area (Å²) in [5.41, 5.74) is 0.455. The molecule has 1 aromatic carbocycles. The summed E-state index contributed by atoms with van der Waals surface area (Å²) in [6.07, 6.45) is 0.502. The molecule has 0 aromatic heterocycles. The van der Waals surface area contributed by atoms with Crippen molar-refractivity contribution in [1.29, 1.82) is 5.26 Å². The number of hydrogen-bond donors (Lipinski definition) is 2. The first-order valence-electron chi connectivity index (χ1n) is 5.24. The van der Waals surface area contributed by atoms with Gasteiger partial charge in [0.25, 0.3) is 0 Å². The Balaban J connectivity index is 2.80. The predicted octanol–water partition coefficient (Wildman–Crippen LogP) is 2.36. The number of benzene rings is 1. The van der Waals surface area contributed by atoms with E-state index in [2.05, 4.69) is 5.32 Å². The molecule has 0 aliphatic rings. The third kappa shape index (κ3) is 3.76. The molecular weight excluding hydrogens is 223 g/mol. The summed E-state index contributed by atoms with van der Waals surface area (Å²) in [5, 5.41) is 20.1. The highest BCUT2D eigenvalue weighted by Crippen LogP contribution is 2.18. The van der Waals surface area contributed by atoms with Crippen molar-refractivity contribution in [3.63, 3.8) is 0 Å². The number of aliphatic carboxylic acids is 1. The lowest BCUT2D eigenvalue weighted by Crippen LogP contribution is -2.22. The molecule has 0 bridgehead atoms. The van der Waals surface area contributed by atoms with Crippen molar-refractivity contribution in [2.75, 3.05) is 5.32 Å². The molecule has 0 saturated carbocycles. The number of nitrogens with one attached hydrogen (secondary N) is 1. The standard InChI is InChI=1S/C12H13FN2O2/c1-2-9(6-12(16)17)15-11-4-3-8(7-14)5-10(11)13/h3-5,9,15H,2,6H2,1H3,(H,16,17). The van der Waals surface area contributed by atoms with Crippen LogP contribution >= 0.6 is 0 Å². The van der Waals surface area contributed by atoms with Gasteiger partial charge in [0, 0.05) is 6.04 Å². The van der Waals surface area contributed by atoms with Crippen molar-refractivity contribution in [1.82, 2.24) is 0 Å². The van der Waals surface area contributed by atoms with Gasteiger partial charge in [-0.05, 0) is 24.6 Å². The second-order valence-electron chi connectivity index (χ2n) is 3.65. The molecule has 4 nitrogen and oxygen atoms in total. The lowest BCUT2D eigenvalue weighted by Gasteiger charge is -2.16. The van der Waals surface area contributed by atoms with Gasteiger partial charge in [-0.25, -0.2) is 4.39 Å². The molecule has 0 fully saturated rings. The molecule has 90 valence electrons. The molecule has 0 aliphatic carbocycles. The summed E-state index contributed by atoms with van der Waals surface area (Å²) in [6.45, 7) is 1.82. The molecule has 1 aromatic rings. The summed E-state index contributed by atoms with van der Waals surface area (Å²) >= 11 is 0. The second-order valence-corrected chi connectivity index (χ2v) is 3.65. The van der Waals surface area contributed by atoms with Crippen LogP contribution in [-0.2, 0) is 4.79 Å². The van der Waals surface area contributed by atoms with Crippen molar-refractivity contribution in [2.24, 2.45) is 0 Å². The van der Waals surface area contributed by atoms with Gasteiger partial charge in [0.2, 0.25) is 0 Å². The van der Waals surface area contributed by atoms with E-state index in [-0.39, 0.29) is 23.7 Å². The largest absolute Gasteiger partial charge is 0.481 e. The Kier molecular flexibility index (Phi) is 4.46. The number of carboxylic acids is 1. The highest BCUT2D eigenvalue weighted by molar-refractivity contribution is 5.68. The average Bonchev–Trinajstić information content (AvgIpc) is 2.29. The number of rotatable bonds is 5. The predicted molar refractivity (Wildman–Crippen MR) is 61.1 cm³/mol. The van der Waals surface area contributed by atoms with Crippen LogP contribution in [0.4, 0.5) is 10.1 Å². The second kappa shape index (κ2) is 5.85. The van der Waals surface area contributed by atoms with Crippen LogP contribution in [0.25, 0.3) is 0 Å². The molecule has 2 N–H and O–H groups in total. The quantitative estimate of drug-likeness (QED) is 0.823. The van der Waals surface area contributed by atoms with E-state index in [4.69, 9.17) is 10.4 Å². The van der Waals surface area contributed by atoms with Crippen LogP contribution in [0.3, 0.4) is 0 Å². The SMILES string of the molecule is CCC(CC(=O)O)Nc1ccc(C#N)cc1F. The number of hydrogen-bond acceptors (Lipinski definition) is 3. The molecular formula is C12H13FN2O2. The molecule has 1 atom stereocenters. The van der Waals surface area contributed by atoms with E-state index in [1.54, 1.807) is 0 Å². The Morgan fingerprint density at radius 3 is 2.82 bits per heavy atom. The van der Waals surface area contributed by atoms with Gasteiger partial charge in [0.05, 0.1) is 23.7 Å². The molecule has 1 rings (SSSR count). The van der Waals surface area contributed by atoms with Crippen molar-refractivity contribution in [2.45, 2.75) is 25.8 Å². The molecule has 17 heavy (non-hydrogen) atoms. The zero-order chi connectivity index (χ0) is 12.8. The van der Waals surface area contributed by atoms with Gasteiger partial charge in [0.1, 0.15) is 5.82 Å². The van der Waals surface area contributed by atoms with E-state index >= 15 is 0 Å². The van der Waals surface area contributed by atoms with Gasteiger partial charge < -0.3 is 10.4 Å². The highest BCUT2D eigenvalue weighted by Gasteiger charge is 2.13. The fraction of sp³-hybridized carbons (Fsp3) is 0.333. The van der Waals surface area contributed by atoms with E-state index in [0.717, 1.165) is 6.07 Å². The van der Waals surface area contributed by atoms with E-state index in [1.165, 1.54) is 12.1 Å². The van der Waals surface area contributed by atoms with Gasteiger partial charge in [-0.15, -0.1) is 0 Å². The van der Waals surface area contributed by atoms with Crippen molar-refractivity contribution in [3.8, 4) is 6.07 Å². The van der Waals surface area contributed by atoms with E-state index in [0.29, 0.717) is 6.42 Å². The minimum atomic E-state index is -0.932. The minimum Gasteiger partial charge on any atom is -0.481 e. The summed E-state index contributed by atoms with van der Waals surface area (Å²) in [6, 6.07) is 5.56. The van der Waals surface area contributed by atoms with Crippen molar-refractivity contribution < 1.29 is 14.3 Å². The number of carbonyl (C=O) groups is 1. The summed E-state index contributed by atoms with van der Waals surface area (Å²) in [7, 11) is 0. The molecule has 0 amide bonds. The lowest BCUT2D eigenvalue weighted by molar-refractivity contribution is -0.137. The number of nitriles is 1. The van der Waals surface area contributed by atoms with Crippen LogP contribution in [0.1, 0.15) is 25.3 Å². The van der Waals surface area contributed by atoms with Crippen LogP contribution < -0.4 is 5.32 Å². The highest BCUT2D eigenvalue weighted by atomic mass is 19.1. The van der Waals surface area contributed by atoms with Crippen LogP contribution in [-0.4, -0.2) is 17.1 Å². The Hall–Kier alpha value is -2.09. The lowest BCUT2D eigenvalue weighted by atomic mass is 10.1. The normalized spacial score (nSPS) is 11.6. The third-order valence-corrected chi connectivity index (χ3v) is 2.37. The molecule has 1 unspecified atom stereocenters. The van der Waals surface area contributed by atoms with Gasteiger partial charge in [-0.2, -0.15) is 5.26 Å². The fourth-order valence-corrected chi connectivity index (χ4v) is 1.43. The molecule has 0 aliphatic heterocycles. The van der Waals surface area contributed by atoms with Crippen LogP contribution in [0, 0.1) is 17.1 Å². The van der Waals surface area contributed by atoms with E-state index in [1.807, 2.05) is 13.0 Å². The first-order valence-corrected chi connectivity index (χ1v) is 5.24. The number of anilines is 1. The molecule has 0 saturated heterocycles. The number of halogens is 1. The van der Waals surface area contributed by atoms with E-state index < -0.39 is 11.8 Å². The van der Waals surface area contributed by atoms with Gasteiger partial charge in [-0.1, -0.05) is 6.92 Å². The van der Waals surface area contributed by atoms with Crippen LogP contribution in [0.5, 0.6) is 0 Å². The fourth-order valence-electron chi connectivity index (χ4n) is 1.43. The number of nitrogens with zero attached hydrogens (tertiary/aromatic N) is 1. The Morgan fingerprint density at radius 2 is 2.35 bits per heavy atom. The summed E-state index contributed by atoms with van der Waals surface area (Å²) in [5.74, 6) is -1.48. The zero-order valence-electron chi connectivity index (χ0n) is 9.40. The minimum absolute atomic E-state index is 0.0735. The number of carboxylic acid groups (broad SMARTS) is 1. The first kappa shape index (κ1) is 13.0. The molecule has 0 radical (unpaired) electrons. The Labute approximate surface area is 98.7 Å². The van der Waals surface area contributed by atoms with Gasteiger partial charge >= 0.3 is 5.97 Å².